The molecule has 3 aliphatic heterocycles. The summed E-state index contributed by atoms with van der Waals surface area (Å²) in [4.78, 5) is 49.1. The predicted molar refractivity (Wildman–Crippen MR) is 173 cm³/mol. The molecule has 43 heavy (non-hydrogen) atoms. The summed E-state index contributed by atoms with van der Waals surface area (Å²) in [5.41, 5.74) is 3.76. The number of rotatable bonds is 12. The minimum absolute atomic E-state index is 0.0516. The number of carbonyl (C=O) groups is 3. The molecule has 2 unspecified atom stereocenters. The van der Waals surface area contributed by atoms with Crippen LogP contribution in [0.3, 0.4) is 0 Å². The van der Waals surface area contributed by atoms with Crippen LogP contribution >= 0.6 is 11.8 Å². The highest BCUT2D eigenvalue weighted by atomic mass is 32.2. The second-order valence-corrected chi connectivity index (χ2v) is 13.6. The molecule has 2 bridgehead atoms. The number of hydrogen-bond donors (Lipinski definition) is 1. The van der Waals surface area contributed by atoms with Crippen LogP contribution in [-0.2, 0) is 20.9 Å². The standard InChI is InChI=1S/C35H43N3O4S/c1-6-19-36(21-25-15-10-9-11-16-25)32(40)28-27-17-18-35(43-27)29(28)33(41)38(26(8-3)22-39)31(35)34(42)37(20-7-2)30-23(4)13-12-14-24(30)5/h6-7,9-16,26-29,31,39H,1-2,8,17-22H2,3-5H3/t26-,27+,28-,29-,31?,35?/m0/s1. The van der Waals surface area contributed by atoms with Crippen LogP contribution in [0, 0.1) is 25.7 Å². The highest BCUT2D eigenvalue weighted by molar-refractivity contribution is 8.02. The summed E-state index contributed by atoms with van der Waals surface area (Å²) >= 11 is 1.66. The Bertz CT molecular complexity index is 1370. The number of aliphatic hydroxyl groups is 1. The van der Waals surface area contributed by atoms with Gasteiger partial charge < -0.3 is 19.8 Å². The maximum Gasteiger partial charge on any atom is 0.251 e. The van der Waals surface area contributed by atoms with E-state index in [4.69, 9.17) is 0 Å². The van der Waals surface area contributed by atoms with Gasteiger partial charge in [0.05, 0.1) is 29.2 Å². The number of fused-ring (bicyclic) bond motifs is 1. The van der Waals surface area contributed by atoms with Crippen LogP contribution < -0.4 is 4.90 Å². The number of benzene rings is 2. The third-order valence-electron chi connectivity index (χ3n) is 9.50. The van der Waals surface area contributed by atoms with E-state index in [1.165, 1.54) is 0 Å². The van der Waals surface area contributed by atoms with E-state index in [1.807, 2.05) is 69.3 Å². The van der Waals surface area contributed by atoms with Crippen molar-refractivity contribution in [2.24, 2.45) is 11.8 Å². The van der Waals surface area contributed by atoms with Gasteiger partial charge >= 0.3 is 0 Å². The fraction of sp³-hybridized carbons (Fsp3) is 0.457. The largest absolute Gasteiger partial charge is 0.394 e. The molecule has 6 atom stereocenters. The molecular formula is C35H43N3O4S. The van der Waals surface area contributed by atoms with Crippen molar-refractivity contribution < 1.29 is 19.5 Å². The van der Waals surface area contributed by atoms with Crippen molar-refractivity contribution in [2.75, 3.05) is 24.6 Å². The summed E-state index contributed by atoms with van der Waals surface area (Å²) < 4.78 is -0.746. The van der Waals surface area contributed by atoms with Crippen molar-refractivity contribution >= 4 is 35.2 Å². The maximum atomic E-state index is 14.9. The molecule has 2 aromatic rings. The lowest BCUT2D eigenvalue weighted by atomic mass is 9.70. The Morgan fingerprint density at radius 2 is 1.74 bits per heavy atom. The zero-order valence-electron chi connectivity index (χ0n) is 25.4. The Balaban J connectivity index is 1.58. The van der Waals surface area contributed by atoms with Crippen LogP contribution in [0.1, 0.15) is 42.9 Å². The van der Waals surface area contributed by atoms with E-state index in [9.17, 15) is 19.5 Å². The lowest BCUT2D eigenvalue weighted by Crippen LogP contribution is -2.57. The Hall–Kier alpha value is -3.36. The lowest BCUT2D eigenvalue weighted by molar-refractivity contribution is -0.145. The molecule has 3 amide bonds. The number of likely N-dealkylation sites (tertiary alicyclic amines) is 1. The number of aliphatic hydroxyl groups excluding tert-OH is 1. The lowest BCUT2D eigenvalue weighted by Gasteiger charge is -2.40. The fourth-order valence-corrected chi connectivity index (χ4v) is 9.85. The number of hydrogen-bond acceptors (Lipinski definition) is 5. The van der Waals surface area contributed by atoms with E-state index in [-0.39, 0.29) is 29.6 Å². The molecule has 3 fully saturated rings. The van der Waals surface area contributed by atoms with Crippen molar-refractivity contribution in [1.82, 2.24) is 9.80 Å². The summed E-state index contributed by atoms with van der Waals surface area (Å²) in [5, 5.41) is 10.4. The van der Waals surface area contributed by atoms with E-state index in [0.717, 1.165) is 28.8 Å². The summed E-state index contributed by atoms with van der Waals surface area (Å²) in [7, 11) is 0. The zero-order chi connectivity index (χ0) is 30.9. The summed E-state index contributed by atoms with van der Waals surface area (Å²) in [6.45, 7) is 14.6. The molecule has 228 valence electrons. The fourth-order valence-electron chi connectivity index (χ4n) is 7.66. The first-order chi connectivity index (χ1) is 20.7. The van der Waals surface area contributed by atoms with Gasteiger partial charge in [0, 0.05) is 30.6 Å². The molecule has 3 aliphatic rings. The normalized spacial score (nSPS) is 26.2. The highest BCUT2D eigenvalue weighted by Gasteiger charge is 2.74. The summed E-state index contributed by atoms with van der Waals surface area (Å²) in [5.74, 6) is -1.60. The molecule has 3 saturated heterocycles. The van der Waals surface area contributed by atoms with E-state index >= 15 is 0 Å². The number of carbonyl (C=O) groups excluding carboxylic acids is 3. The van der Waals surface area contributed by atoms with Gasteiger partial charge in [0.2, 0.25) is 11.8 Å². The predicted octanol–water partition coefficient (Wildman–Crippen LogP) is 4.90. The smallest absolute Gasteiger partial charge is 0.251 e. The third kappa shape index (κ3) is 5.22. The van der Waals surface area contributed by atoms with Crippen molar-refractivity contribution in [1.29, 1.82) is 0 Å². The Morgan fingerprint density at radius 1 is 1.07 bits per heavy atom. The molecule has 8 heteroatoms. The average Bonchev–Trinajstić information content (AvgIpc) is 3.64. The third-order valence-corrected chi connectivity index (χ3v) is 11.4. The number of thioether (sulfide) groups is 1. The maximum absolute atomic E-state index is 14.9. The molecule has 2 aromatic carbocycles. The molecule has 1 spiro atoms. The first-order valence-electron chi connectivity index (χ1n) is 15.3. The van der Waals surface area contributed by atoms with Gasteiger partial charge in [0.1, 0.15) is 6.04 Å². The number of aryl methyl sites for hydroxylation is 2. The molecular weight excluding hydrogens is 558 g/mol. The van der Waals surface area contributed by atoms with E-state index in [1.54, 1.807) is 38.6 Å². The van der Waals surface area contributed by atoms with E-state index < -0.39 is 28.7 Å². The van der Waals surface area contributed by atoms with Gasteiger partial charge in [-0.15, -0.1) is 24.9 Å². The van der Waals surface area contributed by atoms with Crippen LogP contribution in [0.15, 0.2) is 73.8 Å². The molecule has 5 rings (SSSR count). The number of anilines is 1. The van der Waals surface area contributed by atoms with Crippen molar-refractivity contribution in [3.05, 3.63) is 90.5 Å². The quantitative estimate of drug-likeness (QED) is 0.350. The Labute approximate surface area is 259 Å². The van der Waals surface area contributed by atoms with Crippen molar-refractivity contribution in [3.8, 4) is 0 Å². The molecule has 0 radical (unpaired) electrons. The summed E-state index contributed by atoms with van der Waals surface area (Å²) in [6.07, 6.45) is 5.37. The Morgan fingerprint density at radius 3 is 2.35 bits per heavy atom. The van der Waals surface area contributed by atoms with Gasteiger partial charge in [0.25, 0.3) is 5.91 Å². The second-order valence-electron chi connectivity index (χ2n) is 12.0. The molecule has 3 heterocycles. The minimum Gasteiger partial charge on any atom is -0.394 e. The molecule has 7 nitrogen and oxygen atoms in total. The van der Waals surface area contributed by atoms with Crippen LogP contribution in [-0.4, -0.2) is 74.4 Å². The van der Waals surface area contributed by atoms with E-state index in [2.05, 4.69) is 13.2 Å². The van der Waals surface area contributed by atoms with Gasteiger partial charge in [-0.3, -0.25) is 14.4 Å². The monoisotopic (exact) mass is 601 g/mol. The van der Waals surface area contributed by atoms with Crippen LogP contribution in [0.4, 0.5) is 5.69 Å². The van der Waals surface area contributed by atoms with Crippen LogP contribution in [0.5, 0.6) is 0 Å². The molecule has 0 aromatic heterocycles. The summed E-state index contributed by atoms with van der Waals surface area (Å²) in [6, 6.07) is 14.5. The van der Waals surface area contributed by atoms with Gasteiger partial charge in [-0.2, -0.15) is 0 Å². The van der Waals surface area contributed by atoms with Gasteiger partial charge in [0.15, 0.2) is 0 Å². The first-order valence-corrected chi connectivity index (χ1v) is 16.1. The average molecular weight is 602 g/mol. The van der Waals surface area contributed by atoms with Crippen molar-refractivity contribution in [3.63, 3.8) is 0 Å². The number of nitrogens with zero attached hydrogens (tertiary/aromatic N) is 3. The first kappa shape index (κ1) is 31.1. The minimum atomic E-state index is -0.796. The van der Waals surface area contributed by atoms with Crippen molar-refractivity contribution in [2.45, 2.75) is 68.7 Å². The molecule has 1 N–H and O–H groups in total. The molecule has 0 aliphatic carbocycles. The number of para-hydroxylation sites is 1. The van der Waals surface area contributed by atoms with Gasteiger partial charge in [-0.1, -0.05) is 67.6 Å². The topological polar surface area (TPSA) is 81.2 Å². The number of amides is 3. The SMILES string of the molecule is C=CCN(Cc1ccccc1)C(=O)[C@@H]1[C@H]2C(=O)N([C@@H](CC)CO)C(C(=O)N(CC=C)c3c(C)cccc3C)C23CC[C@H]1S3. The Kier molecular flexibility index (Phi) is 9.18. The van der Waals surface area contributed by atoms with Gasteiger partial charge in [-0.05, 0) is 49.8 Å². The van der Waals surface area contributed by atoms with Crippen LogP contribution in [0.2, 0.25) is 0 Å². The van der Waals surface area contributed by atoms with Gasteiger partial charge in [-0.25, -0.2) is 0 Å². The molecule has 0 saturated carbocycles. The van der Waals surface area contributed by atoms with Crippen LogP contribution in [0.25, 0.3) is 0 Å². The zero-order valence-corrected chi connectivity index (χ0v) is 26.3. The highest BCUT2D eigenvalue weighted by Crippen LogP contribution is 2.67. The second kappa shape index (κ2) is 12.7. The van der Waals surface area contributed by atoms with E-state index in [0.29, 0.717) is 32.5 Å².